The molecule has 0 saturated carbocycles. The lowest BCUT2D eigenvalue weighted by Crippen LogP contribution is -2.05. The molecular weight excluding hydrogens is 282 g/mol. The number of hydrogen-bond donors (Lipinski definition) is 0. The number of aromatic nitrogens is 1. The Morgan fingerprint density at radius 1 is 0.783 bits per heavy atom. The molecule has 1 heterocycles. The van der Waals surface area contributed by atoms with Crippen LogP contribution in [0.5, 0.6) is 0 Å². The summed E-state index contributed by atoms with van der Waals surface area (Å²) < 4.78 is 2.30. The first-order valence-electron chi connectivity index (χ1n) is 7.80. The molecule has 0 aliphatic heterocycles. The number of nitrogens with zero attached hydrogens (tertiary/aromatic N) is 1. The zero-order valence-corrected chi connectivity index (χ0v) is 13.0. The number of hydrogen-bond acceptors (Lipinski definition) is 1. The fourth-order valence-corrected chi connectivity index (χ4v) is 3.35. The van der Waals surface area contributed by atoms with Crippen molar-refractivity contribution in [3.05, 3.63) is 83.9 Å². The molecule has 4 rings (SSSR count). The highest BCUT2D eigenvalue weighted by atomic mass is 16.1. The molecule has 0 aliphatic rings. The quantitative estimate of drug-likeness (QED) is 0.485. The van der Waals surface area contributed by atoms with Gasteiger partial charge in [-0.3, -0.25) is 4.79 Å². The predicted octanol–water partition coefficient (Wildman–Crippen LogP) is 5.05. The number of carbonyl (C=O) groups is 1. The van der Waals surface area contributed by atoms with Crippen LogP contribution in [0.15, 0.2) is 72.8 Å². The molecule has 2 heteroatoms. The highest BCUT2D eigenvalue weighted by Gasteiger charge is 2.12. The van der Waals surface area contributed by atoms with Crippen LogP contribution >= 0.6 is 0 Å². The number of benzene rings is 3. The van der Waals surface area contributed by atoms with Crippen LogP contribution in [0.1, 0.15) is 22.8 Å². The first-order valence-corrected chi connectivity index (χ1v) is 7.80. The molecule has 0 bridgehead atoms. The number of carbonyl (C=O) groups excluding carboxylic acids is 1. The Hall–Kier alpha value is -2.87. The van der Waals surface area contributed by atoms with Crippen molar-refractivity contribution >= 4 is 27.6 Å². The van der Waals surface area contributed by atoms with Crippen molar-refractivity contribution in [1.29, 1.82) is 0 Å². The second kappa shape index (κ2) is 5.40. The standard InChI is InChI=1S/C21H17NO/c1-15(23)17-9-3-2-8-16(17)14-22-20-12-6-4-10-18(20)19-11-5-7-13-21(19)22/h2-13H,14H2,1H3. The minimum Gasteiger partial charge on any atom is -0.336 e. The van der Waals surface area contributed by atoms with E-state index < -0.39 is 0 Å². The number of fused-ring (bicyclic) bond motifs is 3. The van der Waals surface area contributed by atoms with Gasteiger partial charge in [0.2, 0.25) is 0 Å². The molecule has 4 aromatic rings. The monoisotopic (exact) mass is 299 g/mol. The largest absolute Gasteiger partial charge is 0.336 e. The van der Waals surface area contributed by atoms with Crippen molar-refractivity contribution in [2.24, 2.45) is 0 Å². The molecule has 3 aromatic carbocycles. The van der Waals surface area contributed by atoms with Crippen molar-refractivity contribution in [3.63, 3.8) is 0 Å². The van der Waals surface area contributed by atoms with Gasteiger partial charge in [-0.2, -0.15) is 0 Å². The summed E-state index contributed by atoms with van der Waals surface area (Å²) in [6, 6.07) is 24.7. The number of ketones is 1. The molecule has 1 aromatic heterocycles. The Labute approximate surface area is 135 Å². The van der Waals surface area contributed by atoms with Crippen LogP contribution in [-0.2, 0) is 6.54 Å². The normalized spacial score (nSPS) is 11.2. The van der Waals surface area contributed by atoms with Gasteiger partial charge in [0, 0.05) is 33.9 Å². The zero-order chi connectivity index (χ0) is 15.8. The third-order valence-corrected chi connectivity index (χ3v) is 4.40. The maximum atomic E-state index is 11.9. The highest BCUT2D eigenvalue weighted by Crippen LogP contribution is 2.29. The van der Waals surface area contributed by atoms with Gasteiger partial charge in [-0.1, -0.05) is 60.7 Å². The molecule has 0 unspecified atom stereocenters. The predicted molar refractivity (Wildman–Crippen MR) is 95.0 cm³/mol. The van der Waals surface area contributed by atoms with Gasteiger partial charge in [-0.25, -0.2) is 0 Å². The van der Waals surface area contributed by atoms with Crippen molar-refractivity contribution < 1.29 is 4.79 Å². The van der Waals surface area contributed by atoms with Gasteiger partial charge in [0.05, 0.1) is 0 Å². The molecule has 0 N–H and O–H groups in total. The van der Waals surface area contributed by atoms with Gasteiger partial charge in [0.1, 0.15) is 0 Å². The van der Waals surface area contributed by atoms with Crippen molar-refractivity contribution in [1.82, 2.24) is 4.57 Å². The summed E-state index contributed by atoms with van der Waals surface area (Å²) in [7, 11) is 0. The lowest BCUT2D eigenvalue weighted by Gasteiger charge is -2.11. The maximum Gasteiger partial charge on any atom is 0.160 e. The fraction of sp³-hybridized carbons (Fsp3) is 0.0952. The lowest BCUT2D eigenvalue weighted by atomic mass is 10.0. The summed E-state index contributed by atoms with van der Waals surface area (Å²) in [5, 5.41) is 2.51. The van der Waals surface area contributed by atoms with E-state index in [1.807, 2.05) is 24.3 Å². The van der Waals surface area contributed by atoms with Gasteiger partial charge in [-0.15, -0.1) is 0 Å². The number of Topliss-reactive ketones (excluding diaryl/α,β-unsaturated/α-hetero) is 1. The molecule has 0 radical (unpaired) electrons. The van der Waals surface area contributed by atoms with Crippen LogP contribution in [0.25, 0.3) is 21.8 Å². The molecule has 0 fully saturated rings. The number of para-hydroxylation sites is 2. The van der Waals surface area contributed by atoms with Crippen LogP contribution < -0.4 is 0 Å². The smallest absolute Gasteiger partial charge is 0.160 e. The fourth-order valence-electron chi connectivity index (χ4n) is 3.35. The van der Waals surface area contributed by atoms with E-state index in [0.717, 1.165) is 11.1 Å². The third kappa shape index (κ3) is 2.23. The summed E-state index contributed by atoms with van der Waals surface area (Å²) in [5.74, 6) is 0.112. The van der Waals surface area contributed by atoms with E-state index in [1.165, 1.54) is 21.8 Å². The molecule has 2 nitrogen and oxygen atoms in total. The average molecular weight is 299 g/mol. The second-order valence-corrected chi connectivity index (χ2v) is 5.83. The molecular formula is C21H17NO. The molecule has 0 spiro atoms. The van der Waals surface area contributed by atoms with E-state index in [1.54, 1.807) is 6.92 Å². The Morgan fingerprint density at radius 3 is 1.91 bits per heavy atom. The van der Waals surface area contributed by atoms with E-state index in [0.29, 0.717) is 6.54 Å². The van der Waals surface area contributed by atoms with E-state index >= 15 is 0 Å². The minimum atomic E-state index is 0.112. The van der Waals surface area contributed by atoms with Crippen LogP contribution in [0.2, 0.25) is 0 Å². The molecule has 0 amide bonds. The van der Waals surface area contributed by atoms with E-state index in [2.05, 4.69) is 53.1 Å². The van der Waals surface area contributed by atoms with Crippen LogP contribution in [0.4, 0.5) is 0 Å². The molecule has 112 valence electrons. The van der Waals surface area contributed by atoms with Gasteiger partial charge < -0.3 is 4.57 Å². The molecule has 0 aliphatic carbocycles. The molecule has 0 atom stereocenters. The summed E-state index contributed by atoms with van der Waals surface area (Å²) >= 11 is 0. The Kier molecular flexibility index (Phi) is 3.23. The van der Waals surface area contributed by atoms with Gasteiger partial charge in [-0.05, 0) is 24.6 Å². The van der Waals surface area contributed by atoms with E-state index in [-0.39, 0.29) is 5.78 Å². The Morgan fingerprint density at radius 2 is 1.30 bits per heavy atom. The summed E-state index contributed by atoms with van der Waals surface area (Å²) in [6.07, 6.45) is 0. The Balaban J connectivity index is 1.97. The number of rotatable bonds is 3. The summed E-state index contributed by atoms with van der Waals surface area (Å²) in [4.78, 5) is 11.9. The minimum absolute atomic E-state index is 0.112. The van der Waals surface area contributed by atoms with Gasteiger partial charge in [0.15, 0.2) is 5.78 Å². The topological polar surface area (TPSA) is 22.0 Å². The lowest BCUT2D eigenvalue weighted by molar-refractivity contribution is 0.101. The third-order valence-electron chi connectivity index (χ3n) is 4.40. The van der Waals surface area contributed by atoms with Crippen LogP contribution in [-0.4, -0.2) is 10.4 Å². The van der Waals surface area contributed by atoms with Gasteiger partial charge >= 0.3 is 0 Å². The van der Waals surface area contributed by atoms with E-state index in [4.69, 9.17) is 0 Å². The molecule has 23 heavy (non-hydrogen) atoms. The Bertz CT molecular complexity index is 973. The first-order chi connectivity index (χ1) is 11.3. The van der Waals surface area contributed by atoms with Crippen molar-refractivity contribution in [3.8, 4) is 0 Å². The summed E-state index contributed by atoms with van der Waals surface area (Å²) in [5.41, 5.74) is 4.26. The van der Waals surface area contributed by atoms with Crippen molar-refractivity contribution in [2.45, 2.75) is 13.5 Å². The molecule has 0 saturated heterocycles. The zero-order valence-electron chi connectivity index (χ0n) is 13.0. The van der Waals surface area contributed by atoms with Gasteiger partial charge in [0.25, 0.3) is 0 Å². The second-order valence-electron chi connectivity index (χ2n) is 5.83. The highest BCUT2D eigenvalue weighted by molar-refractivity contribution is 6.08. The van der Waals surface area contributed by atoms with Crippen LogP contribution in [0.3, 0.4) is 0 Å². The van der Waals surface area contributed by atoms with Crippen LogP contribution in [0, 0.1) is 0 Å². The average Bonchev–Trinajstić information content (AvgIpc) is 2.90. The first kappa shape index (κ1) is 13.8. The SMILES string of the molecule is CC(=O)c1ccccc1Cn1c2ccccc2c2ccccc21. The van der Waals surface area contributed by atoms with E-state index in [9.17, 15) is 4.79 Å². The van der Waals surface area contributed by atoms with Crippen molar-refractivity contribution in [2.75, 3.05) is 0 Å². The summed E-state index contributed by atoms with van der Waals surface area (Å²) in [6.45, 7) is 2.33. The maximum absolute atomic E-state index is 11.9.